The molecule has 1 aromatic heterocycles. The molecule has 0 aliphatic rings. The molecule has 0 aliphatic carbocycles. The zero-order valence-electron chi connectivity index (χ0n) is 15.3. The maximum Gasteiger partial charge on any atom is 0.224 e. The predicted molar refractivity (Wildman–Crippen MR) is 106 cm³/mol. The Morgan fingerprint density at radius 1 is 1.07 bits per heavy atom. The summed E-state index contributed by atoms with van der Waals surface area (Å²) in [6, 6.07) is 14.1. The second-order valence-corrected chi connectivity index (χ2v) is 6.89. The number of rotatable bonds is 7. The highest BCUT2D eigenvalue weighted by Gasteiger charge is 2.13. The summed E-state index contributed by atoms with van der Waals surface area (Å²) in [5.74, 6) is 1.23. The minimum absolute atomic E-state index is 0.0149. The molecular formula is C20H21FN4OS. The molecule has 0 unspecified atom stereocenters. The number of thioether (sulfide) groups is 1. The maximum atomic E-state index is 13.0. The van der Waals surface area contributed by atoms with Crippen molar-refractivity contribution < 1.29 is 9.18 Å². The maximum absolute atomic E-state index is 13.0. The van der Waals surface area contributed by atoms with Gasteiger partial charge in [-0.1, -0.05) is 30.8 Å². The van der Waals surface area contributed by atoms with Crippen LogP contribution in [0.2, 0.25) is 0 Å². The highest BCUT2D eigenvalue weighted by molar-refractivity contribution is 7.98. The molecule has 0 saturated carbocycles. The molecule has 3 rings (SSSR count). The van der Waals surface area contributed by atoms with Gasteiger partial charge >= 0.3 is 0 Å². The van der Waals surface area contributed by atoms with Crippen LogP contribution in [-0.2, 0) is 17.1 Å². The third kappa shape index (κ3) is 4.74. The summed E-state index contributed by atoms with van der Waals surface area (Å²) in [6.45, 7) is 4.60. The van der Waals surface area contributed by atoms with Crippen LogP contribution in [0.1, 0.15) is 25.8 Å². The number of halogens is 1. The molecule has 3 aromatic rings. The van der Waals surface area contributed by atoms with E-state index >= 15 is 0 Å². The minimum atomic E-state index is -0.235. The molecule has 0 spiro atoms. The van der Waals surface area contributed by atoms with Crippen molar-refractivity contribution in [1.82, 2.24) is 14.8 Å². The number of carbonyl (C=O) groups excluding carboxylic acids is 1. The number of amides is 1. The first kappa shape index (κ1) is 19.1. The summed E-state index contributed by atoms with van der Waals surface area (Å²) in [5.41, 5.74) is 2.73. The standard InChI is InChI=1S/C20H21FN4OS/c1-3-18(26)22-17-11-7-15(8-12-17)19-23-24-20(25(19)4-2)27-13-14-5-9-16(21)10-6-14/h5-12H,3-4,13H2,1-2H3,(H,22,26). The third-order valence-corrected chi connectivity index (χ3v) is 5.10. The topological polar surface area (TPSA) is 59.8 Å². The Morgan fingerprint density at radius 3 is 2.41 bits per heavy atom. The summed E-state index contributed by atoms with van der Waals surface area (Å²) in [6.07, 6.45) is 0.445. The smallest absolute Gasteiger partial charge is 0.224 e. The van der Waals surface area contributed by atoms with E-state index in [1.165, 1.54) is 12.1 Å². The quantitative estimate of drug-likeness (QED) is 0.598. The molecule has 1 amide bonds. The molecule has 0 radical (unpaired) electrons. The van der Waals surface area contributed by atoms with Crippen LogP contribution >= 0.6 is 11.8 Å². The Labute approximate surface area is 162 Å². The average Bonchev–Trinajstić information content (AvgIpc) is 3.11. The molecule has 2 aromatic carbocycles. The lowest BCUT2D eigenvalue weighted by Gasteiger charge is -2.08. The third-order valence-electron chi connectivity index (χ3n) is 4.06. The summed E-state index contributed by atoms with van der Waals surface area (Å²) >= 11 is 1.57. The number of benzene rings is 2. The van der Waals surface area contributed by atoms with Gasteiger partial charge in [0, 0.05) is 30.0 Å². The molecule has 0 atom stereocenters. The van der Waals surface area contributed by atoms with Gasteiger partial charge in [0.15, 0.2) is 11.0 Å². The first-order valence-electron chi connectivity index (χ1n) is 8.81. The van der Waals surface area contributed by atoms with Gasteiger partial charge in [-0.3, -0.25) is 4.79 Å². The summed E-state index contributed by atoms with van der Waals surface area (Å²) in [4.78, 5) is 11.5. The van der Waals surface area contributed by atoms with E-state index in [4.69, 9.17) is 0 Å². The van der Waals surface area contributed by atoms with Gasteiger partial charge < -0.3 is 9.88 Å². The van der Waals surface area contributed by atoms with Gasteiger partial charge in [0.1, 0.15) is 5.82 Å². The number of hydrogen-bond donors (Lipinski definition) is 1. The Morgan fingerprint density at radius 2 is 1.78 bits per heavy atom. The molecule has 0 saturated heterocycles. The molecule has 5 nitrogen and oxygen atoms in total. The van der Waals surface area contributed by atoms with Gasteiger partial charge in [-0.15, -0.1) is 10.2 Å². The fourth-order valence-electron chi connectivity index (χ4n) is 2.57. The van der Waals surface area contributed by atoms with Crippen molar-refractivity contribution in [2.24, 2.45) is 0 Å². The average molecular weight is 384 g/mol. The number of anilines is 1. The van der Waals surface area contributed by atoms with Gasteiger partial charge in [0.05, 0.1) is 0 Å². The van der Waals surface area contributed by atoms with Crippen LogP contribution in [0.25, 0.3) is 11.4 Å². The van der Waals surface area contributed by atoms with Crippen molar-refractivity contribution in [2.45, 2.75) is 37.7 Å². The number of nitrogens with one attached hydrogen (secondary N) is 1. The van der Waals surface area contributed by atoms with Gasteiger partial charge in [0.25, 0.3) is 0 Å². The van der Waals surface area contributed by atoms with Crippen molar-refractivity contribution in [3.63, 3.8) is 0 Å². The molecule has 7 heteroatoms. The molecule has 1 heterocycles. The summed E-state index contributed by atoms with van der Waals surface area (Å²) in [5, 5.41) is 12.3. The highest BCUT2D eigenvalue weighted by Crippen LogP contribution is 2.27. The van der Waals surface area contributed by atoms with E-state index in [2.05, 4.69) is 15.5 Å². The molecule has 140 valence electrons. The van der Waals surface area contributed by atoms with Crippen molar-refractivity contribution in [3.05, 3.63) is 59.9 Å². The second kappa shape index (κ2) is 8.81. The number of carbonyl (C=O) groups is 1. The summed E-state index contributed by atoms with van der Waals surface area (Å²) < 4.78 is 15.1. The Balaban J connectivity index is 1.75. The Hall–Kier alpha value is -2.67. The van der Waals surface area contributed by atoms with E-state index in [9.17, 15) is 9.18 Å². The molecule has 1 N–H and O–H groups in total. The predicted octanol–water partition coefficient (Wildman–Crippen LogP) is 4.74. The van der Waals surface area contributed by atoms with Crippen molar-refractivity contribution >= 4 is 23.4 Å². The number of hydrogen-bond acceptors (Lipinski definition) is 4. The fraction of sp³-hybridized carbons (Fsp3) is 0.250. The van der Waals surface area contributed by atoms with E-state index in [0.717, 1.165) is 34.3 Å². The first-order valence-corrected chi connectivity index (χ1v) is 9.80. The van der Waals surface area contributed by atoms with Crippen LogP contribution in [0.15, 0.2) is 53.7 Å². The van der Waals surface area contributed by atoms with Crippen LogP contribution in [-0.4, -0.2) is 20.7 Å². The molecule has 27 heavy (non-hydrogen) atoms. The normalized spacial score (nSPS) is 10.8. The van der Waals surface area contributed by atoms with E-state index in [0.29, 0.717) is 12.2 Å². The van der Waals surface area contributed by atoms with E-state index in [1.54, 1.807) is 23.9 Å². The SMILES string of the molecule is CCC(=O)Nc1ccc(-c2nnc(SCc3ccc(F)cc3)n2CC)cc1. The Kier molecular flexibility index (Phi) is 6.24. The van der Waals surface area contributed by atoms with Crippen LogP contribution in [0.4, 0.5) is 10.1 Å². The second-order valence-electron chi connectivity index (χ2n) is 5.94. The fourth-order valence-corrected chi connectivity index (χ4v) is 3.53. The number of aromatic nitrogens is 3. The lowest BCUT2D eigenvalue weighted by Crippen LogP contribution is -2.09. The molecule has 0 bridgehead atoms. The van der Waals surface area contributed by atoms with Crippen LogP contribution in [0, 0.1) is 5.82 Å². The summed E-state index contributed by atoms with van der Waals surface area (Å²) in [7, 11) is 0. The van der Waals surface area contributed by atoms with Crippen LogP contribution < -0.4 is 5.32 Å². The zero-order valence-corrected chi connectivity index (χ0v) is 16.1. The monoisotopic (exact) mass is 384 g/mol. The van der Waals surface area contributed by atoms with Gasteiger partial charge in [-0.25, -0.2) is 4.39 Å². The minimum Gasteiger partial charge on any atom is -0.326 e. The van der Waals surface area contributed by atoms with Crippen molar-refractivity contribution in [3.8, 4) is 11.4 Å². The first-order chi connectivity index (χ1) is 13.1. The largest absolute Gasteiger partial charge is 0.326 e. The van der Waals surface area contributed by atoms with Crippen molar-refractivity contribution in [2.75, 3.05) is 5.32 Å². The van der Waals surface area contributed by atoms with E-state index in [1.807, 2.05) is 42.7 Å². The molecule has 0 fully saturated rings. The Bertz CT molecular complexity index is 907. The van der Waals surface area contributed by atoms with Crippen LogP contribution in [0.5, 0.6) is 0 Å². The van der Waals surface area contributed by atoms with Gasteiger partial charge in [0.2, 0.25) is 5.91 Å². The van der Waals surface area contributed by atoms with E-state index < -0.39 is 0 Å². The van der Waals surface area contributed by atoms with E-state index in [-0.39, 0.29) is 11.7 Å². The lowest BCUT2D eigenvalue weighted by atomic mass is 10.2. The highest BCUT2D eigenvalue weighted by atomic mass is 32.2. The zero-order chi connectivity index (χ0) is 19.2. The van der Waals surface area contributed by atoms with Gasteiger partial charge in [-0.05, 0) is 48.9 Å². The van der Waals surface area contributed by atoms with Gasteiger partial charge in [-0.2, -0.15) is 0 Å². The molecule has 0 aliphatic heterocycles. The lowest BCUT2D eigenvalue weighted by molar-refractivity contribution is -0.115. The van der Waals surface area contributed by atoms with Crippen LogP contribution in [0.3, 0.4) is 0 Å². The number of nitrogens with zero attached hydrogens (tertiary/aromatic N) is 3. The van der Waals surface area contributed by atoms with Crippen molar-refractivity contribution in [1.29, 1.82) is 0 Å². The molecular weight excluding hydrogens is 363 g/mol.